The first-order chi connectivity index (χ1) is 8.09. The third-order valence-corrected chi connectivity index (χ3v) is 3.79. The fourth-order valence-electron chi connectivity index (χ4n) is 2.29. The molecular weight excluding hydrogens is 215 g/mol. The van der Waals surface area contributed by atoms with Crippen molar-refractivity contribution >= 4 is 0 Å². The predicted octanol–water partition coefficient (Wildman–Crippen LogP) is 2.56. The minimum absolute atomic E-state index is 0.201. The molecule has 0 saturated heterocycles. The average molecular weight is 236 g/mol. The Morgan fingerprint density at radius 1 is 1.41 bits per heavy atom. The molecule has 0 amide bonds. The van der Waals surface area contributed by atoms with E-state index in [1.807, 2.05) is 6.07 Å². The van der Waals surface area contributed by atoms with Gasteiger partial charge < -0.3 is 10.6 Å². The molecule has 0 radical (unpaired) electrons. The van der Waals surface area contributed by atoms with Gasteiger partial charge in [0.15, 0.2) is 0 Å². The summed E-state index contributed by atoms with van der Waals surface area (Å²) < 4.78 is 13.6. The fraction of sp³-hybridized carbons (Fsp3) is 0.571. The number of rotatable bonds is 5. The van der Waals surface area contributed by atoms with Crippen LogP contribution in [0.25, 0.3) is 0 Å². The SMILES string of the molecule is CC(C1CC1)N(C)CC(N)c1ccccc1F. The van der Waals surface area contributed by atoms with Gasteiger partial charge in [-0.05, 0) is 38.8 Å². The summed E-state index contributed by atoms with van der Waals surface area (Å²) in [5.41, 5.74) is 6.69. The van der Waals surface area contributed by atoms with E-state index in [0.717, 1.165) is 5.92 Å². The summed E-state index contributed by atoms with van der Waals surface area (Å²) in [6.07, 6.45) is 2.64. The molecule has 1 saturated carbocycles. The van der Waals surface area contributed by atoms with Gasteiger partial charge in [0.05, 0.1) is 0 Å². The molecule has 2 unspecified atom stereocenters. The van der Waals surface area contributed by atoms with Gasteiger partial charge in [-0.15, -0.1) is 0 Å². The van der Waals surface area contributed by atoms with E-state index in [2.05, 4.69) is 18.9 Å². The molecule has 0 aliphatic heterocycles. The van der Waals surface area contributed by atoms with Crippen molar-refractivity contribution in [2.75, 3.05) is 13.6 Å². The molecule has 1 fully saturated rings. The van der Waals surface area contributed by atoms with Crippen molar-refractivity contribution in [3.8, 4) is 0 Å². The summed E-state index contributed by atoms with van der Waals surface area (Å²) in [5.74, 6) is 0.611. The highest BCUT2D eigenvalue weighted by Crippen LogP contribution is 2.35. The van der Waals surface area contributed by atoms with Crippen molar-refractivity contribution in [1.82, 2.24) is 4.90 Å². The second kappa shape index (κ2) is 5.15. The van der Waals surface area contributed by atoms with Crippen LogP contribution in [0.15, 0.2) is 24.3 Å². The zero-order chi connectivity index (χ0) is 12.4. The molecule has 1 aromatic carbocycles. The highest BCUT2D eigenvalue weighted by molar-refractivity contribution is 5.21. The van der Waals surface area contributed by atoms with E-state index in [-0.39, 0.29) is 11.9 Å². The molecule has 0 spiro atoms. The molecule has 0 heterocycles. The minimum Gasteiger partial charge on any atom is -0.323 e. The lowest BCUT2D eigenvalue weighted by Gasteiger charge is -2.27. The zero-order valence-corrected chi connectivity index (χ0v) is 10.6. The lowest BCUT2D eigenvalue weighted by molar-refractivity contribution is 0.220. The molecule has 1 aliphatic carbocycles. The standard InChI is InChI=1S/C14H21FN2/c1-10(11-7-8-11)17(2)9-14(16)12-5-3-4-6-13(12)15/h3-6,10-11,14H,7-9,16H2,1-2H3. The maximum absolute atomic E-state index is 13.6. The first-order valence-corrected chi connectivity index (χ1v) is 6.30. The number of hydrogen-bond donors (Lipinski definition) is 1. The van der Waals surface area contributed by atoms with E-state index in [1.165, 1.54) is 18.9 Å². The van der Waals surface area contributed by atoms with Gasteiger partial charge in [-0.3, -0.25) is 0 Å². The van der Waals surface area contributed by atoms with Gasteiger partial charge in [-0.25, -0.2) is 4.39 Å². The number of halogens is 1. The maximum Gasteiger partial charge on any atom is 0.128 e. The molecule has 3 heteroatoms. The van der Waals surface area contributed by atoms with Crippen LogP contribution in [0.3, 0.4) is 0 Å². The monoisotopic (exact) mass is 236 g/mol. The Morgan fingerprint density at radius 2 is 2.06 bits per heavy atom. The van der Waals surface area contributed by atoms with Crippen LogP contribution < -0.4 is 5.73 Å². The topological polar surface area (TPSA) is 29.3 Å². The fourth-order valence-corrected chi connectivity index (χ4v) is 2.29. The van der Waals surface area contributed by atoms with Crippen LogP contribution in [0.2, 0.25) is 0 Å². The second-order valence-corrected chi connectivity index (χ2v) is 5.15. The number of hydrogen-bond acceptors (Lipinski definition) is 2. The Labute approximate surface area is 103 Å². The minimum atomic E-state index is -0.248. The van der Waals surface area contributed by atoms with Crippen LogP contribution in [-0.4, -0.2) is 24.5 Å². The van der Waals surface area contributed by atoms with Gasteiger partial charge in [0.25, 0.3) is 0 Å². The highest BCUT2D eigenvalue weighted by Gasteiger charge is 2.31. The second-order valence-electron chi connectivity index (χ2n) is 5.15. The van der Waals surface area contributed by atoms with Gasteiger partial charge in [0.2, 0.25) is 0 Å². The number of likely N-dealkylation sites (N-methyl/N-ethyl adjacent to an activating group) is 1. The van der Waals surface area contributed by atoms with Gasteiger partial charge in [0.1, 0.15) is 5.82 Å². The Balaban J connectivity index is 1.96. The van der Waals surface area contributed by atoms with Crippen LogP contribution >= 0.6 is 0 Å². The van der Waals surface area contributed by atoms with E-state index in [9.17, 15) is 4.39 Å². The smallest absolute Gasteiger partial charge is 0.128 e. The van der Waals surface area contributed by atoms with Crippen molar-refractivity contribution in [1.29, 1.82) is 0 Å². The van der Waals surface area contributed by atoms with Crippen LogP contribution in [0.4, 0.5) is 4.39 Å². The van der Waals surface area contributed by atoms with E-state index in [0.29, 0.717) is 18.2 Å². The first kappa shape index (κ1) is 12.5. The van der Waals surface area contributed by atoms with Crippen LogP contribution in [0.5, 0.6) is 0 Å². The zero-order valence-electron chi connectivity index (χ0n) is 10.6. The van der Waals surface area contributed by atoms with Crippen molar-refractivity contribution in [3.05, 3.63) is 35.6 Å². The molecule has 0 bridgehead atoms. The molecule has 17 heavy (non-hydrogen) atoms. The average Bonchev–Trinajstić information content (AvgIpc) is 3.12. The molecule has 2 atom stereocenters. The van der Waals surface area contributed by atoms with Gasteiger partial charge in [-0.2, -0.15) is 0 Å². The lowest BCUT2D eigenvalue weighted by Crippen LogP contribution is -2.37. The summed E-state index contributed by atoms with van der Waals surface area (Å²) in [6.45, 7) is 2.93. The summed E-state index contributed by atoms with van der Waals surface area (Å²) in [5, 5.41) is 0. The van der Waals surface area contributed by atoms with E-state index in [1.54, 1.807) is 12.1 Å². The van der Waals surface area contributed by atoms with E-state index >= 15 is 0 Å². The van der Waals surface area contributed by atoms with Crippen molar-refractivity contribution in [2.45, 2.75) is 31.8 Å². The third-order valence-electron chi connectivity index (χ3n) is 3.79. The normalized spacial score (nSPS) is 19.4. The molecule has 94 valence electrons. The van der Waals surface area contributed by atoms with Gasteiger partial charge >= 0.3 is 0 Å². The molecule has 2 rings (SSSR count). The number of nitrogens with zero attached hydrogens (tertiary/aromatic N) is 1. The van der Waals surface area contributed by atoms with E-state index < -0.39 is 0 Å². The van der Waals surface area contributed by atoms with Crippen LogP contribution in [0.1, 0.15) is 31.4 Å². The first-order valence-electron chi connectivity index (χ1n) is 6.30. The summed E-state index contributed by atoms with van der Waals surface area (Å²) in [6, 6.07) is 7.08. The van der Waals surface area contributed by atoms with Crippen LogP contribution in [0, 0.1) is 11.7 Å². The quantitative estimate of drug-likeness (QED) is 0.851. The number of benzene rings is 1. The molecular formula is C14H21FN2. The summed E-state index contributed by atoms with van der Waals surface area (Å²) in [7, 11) is 2.07. The van der Waals surface area contributed by atoms with E-state index in [4.69, 9.17) is 5.73 Å². The van der Waals surface area contributed by atoms with Gasteiger partial charge in [-0.1, -0.05) is 18.2 Å². The summed E-state index contributed by atoms with van der Waals surface area (Å²) >= 11 is 0. The lowest BCUT2D eigenvalue weighted by atomic mass is 10.1. The van der Waals surface area contributed by atoms with Crippen molar-refractivity contribution < 1.29 is 4.39 Å². The molecule has 1 aromatic rings. The van der Waals surface area contributed by atoms with Crippen LogP contribution in [-0.2, 0) is 0 Å². The Kier molecular flexibility index (Phi) is 3.79. The highest BCUT2D eigenvalue weighted by atomic mass is 19.1. The molecule has 0 aromatic heterocycles. The molecule has 2 nitrogen and oxygen atoms in total. The largest absolute Gasteiger partial charge is 0.323 e. The van der Waals surface area contributed by atoms with Gasteiger partial charge in [0, 0.05) is 24.2 Å². The Morgan fingerprint density at radius 3 is 2.65 bits per heavy atom. The molecule has 1 aliphatic rings. The Bertz CT molecular complexity index is 376. The number of nitrogens with two attached hydrogens (primary N) is 1. The van der Waals surface area contributed by atoms with Crippen molar-refractivity contribution in [2.24, 2.45) is 11.7 Å². The van der Waals surface area contributed by atoms with Crippen molar-refractivity contribution in [3.63, 3.8) is 0 Å². The Hall–Kier alpha value is -0.930. The molecule has 2 N–H and O–H groups in total. The summed E-state index contributed by atoms with van der Waals surface area (Å²) in [4.78, 5) is 2.24. The predicted molar refractivity (Wildman–Crippen MR) is 68.1 cm³/mol. The third kappa shape index (κ3) is 3.05. The maximum atomic E-state index is 13.6.